The minimum atomic E-state index is -0.0675. The Bertz CT molecular complexity index is 571. The zero-order chi connectivity index (χ0) is 14.5. The third-order valence-electron chi connectivity index (χ3n) is 3.28. The second-order valence-corrected chi connectivity index (χ2v) is 5.87. The molecule has 0 fully saturated rings. The van der Waals surface area contributed by atoms with Gasteiger partial charge in [0, 0.05) is 10.5 Å². The van der Waals surface area contributed by atoms with Gasteiger partial charge in [-0.05, 0) is 58.1 Å². The molecular weight excluding hydrogens is 338 g/mol. The van der Waals surface area contributed by atoms with Crippen LogP contribution in [0, 0.1) is 0 Å². The van der Waals surface area contributed by atoms with Crippen LogP contribution in [0.25, 0.3) is 0 Å². The fourth-order valence-electron chi connectivity index (χ4n) is 2.08. The molecule has 2 aromatic carbocycles. The van der Waals surface area contributed by atoms with Crippen LogP contribution in [-0.2, 0) is 6.42 Å². The highest BCUT2D eigenvalue weighted by Gasteiger charge is 2.12. The van der Waals surface area contributed by atoms with Crippen molar-refractivity contribution < 1.29 is 4.74 Å². The summed E-state index contributed by atoms with van der Waals surface area (Å²) < 4.78 is 6.03. The third kappa shape index (κ3) is 3.75. The van der Waals surface area contributed by atoms with Crippen LogP contribution in [-0.4, -0.2) is 7.11 Å². The van der Waals surface area contributed by atoms with Gasteiger partial charge in [0.25, 0.3) is 0 Å². The lowest BCUT2D eigenvalue weighted by Crippen LogP contribution is -2.12. The smallest absolute Gasteiger partial charge is 0.118 e. The van der Waals surface area contributed by atoms with Gasteiger partial charge in [-0.15, -0.1) is 0 Å². The van der Waals surface area contributed by atoms with Crippen molar-refractivity contribution in [3.63, 3.8) is 0 Å². The number of methoxy groups -OCH3 is 1. The Hall–Kier alpha value is -1.03. The van der Waals surface area contributed by atoms with Crippen LogP contribution in [0.1, 0.15) is 23.6 Å². The maximum Gasteiger partial charge on any atom is 0.118 e. The van der Waals surface area contributed by atoms with E-state index >= 15 is 0 Å². The van der Waals surface area contributed by atoms with Crippen molar-refractivity contribution in [3.8, 4) is 5.75 Å². The molecule has 1 atom stereocenters. The molecule has 0 saturated heterocycles. The van der Waals surface area contributed by atoms with Crippen molar-refractivity contribution in [2.24, 2.45) is 5.73 Å². The summed E-state index contributed by atoms with van der Waals surface area (Å²) in [6.07, 6.45) is 1.76. The van der Waals surface area contributed by atoms with E-state index in [2.05, 4.69) is 28.1 Å². The number of nitrogens with two attached hydrogens (primary N) is 1. The number of ether oxygens (including phenoxy) is 1. The van der Waals surface area contributed by atoms with Crippen LogP contribution < -0.4 is 10.5 Å². The zero-order valence-electron chi connectivity index (χ0n) is 11.3. The lowest BCUT2D eigenvalue weighted by Gasteiger charge is -2.14. The van der Waals surface area contributed by atoms with E-state index in [1.165, 1.54) is 5.56 Å². The Morgan fingerprint density at radius 2 is 1.90 bits per heavy atom. The van der Waals surface area contributed by atoms with E-state index in [4.69, 9.17) is 22.1 Å². The van der Waals surface area contributed by atoms with Gasteiger partial charge in [0.05, 0.1) is 12.1 Å². The summed E-state index contributed by atoms with van der Waals surface area (Å²) in [7, 11) is 1.67. The van der Waals surface area contributed by atoms with Crippen LogP contribution in [0.2, 0.25) is 5.02 Å². The van der Waals surface area contributed by atoms with Gasteiger partial charge >= 0.3 is 0 Å². The Kier molecular flexibility index (Phi) is 5.46. The lowest BCUT2D eigenvalue weighted by molar-refractivity contribution is 0.414. The quantitative estimate of drug-likeness (QED) is 0.841. The van der Waals surface area contributed by atoms with Crippen molar-refractivity contribution in [1.29, 1.82) is 0 Å². The third-order valence-corrected chi connectivity index (χ3v) is 4.59. The van der Waals surface area contributed by atoms with Gasteiger partial charge in [0.15, 0.2) is 0 Å². The maximum atomic E-state index is 6.27. The number of aryl methyl sites for hydroxylation is 1. The van der Waals surface area contributed by atoms with E-state index in [-0.39, 0.29) is 6.04 Å². The normalized spacial score (nSPS) is 12.2. The average molecular weight is 355 g/mol. The van der Waals surface area contributed by atoms with Gasteiger partial charge in [-0.3, -0.25) is 0 Å². The first-order chi connectivity index (χ1) is 9.61. The van der Waals surface area contributed by atoms with Crippen molar-refractivity contribution in [3.05, 3.63) is 63.1 Å². The van der Waals surface area contributed by atoms with E-state index in [9.17, 15) is 0 Å². The molecule has 0 radical (unpaired) electrons. The Balaban J connectivity index is 2.00. The molecule has 20 heavy (non-hydrogen) atoms. The Labute approximate surface area is 133 Å². The molecule has 0 aliphatic carbocycles. The molecule has 0 heterocycles. The van der Waals surface area contributed by atoms with E-state index in [1.54, 1.807) is 7.11 Å². The molecule has 0 spiro atoms. The number of halogens is 2. The molecule has 4 heteroatoms. The molecule has 0 bridgehead atoms. The topological polar surface area (TPSA) is 35.2 Å². The van der Waals surface area contributed by atoms with Gasteiger partial charge in [-0.25, -0.2) is 0 Å². The highest BCUT2D eigenvalue weighted by Crippen LogP contribution is 2.31. The van der Waals surface area contributed by atoms with E-state index in [0.29, 0.717) is 5.02 Å². The molecule has 0 aliphatic rings. The molecule has 0 aliphatic heterocycles. The lowest BCUT2D eigenvalue weighted by atomic mass is 10.00. The number of hydrogen-bond acceptors (Lipinski definition) is 2. The van der Waals surface area contributed by atoms with Gasteiger partial charge in [-0.2, -0.15) is 0 Å². The summed E-state index contributed by atoms with van der Waals surface area (Å²) in [5.41, 5.74) is 8.46. The van der Waals surface area contributed by atoms with E-state index in [0.717, 1.165) is 28.6 Å². The average Bonchev–Trinajstić information content (AvgIpc) is 2.48. The summed E-state index contributed by atoms with van der Waals surface area (Å²) >= 11 is 9.69. The van der Waals surface area contributed by atoms with Crippen LogP contribution in [0.3, 0.4) is 0 Å². The predicted molar refractivity (Wildman–Crippen MR) is 87.4 cm³/mol. The molecule has 0 saturated carbocycles. The van der Waals surface area contributed by atoms with Gasteiger partial charge in [-0.1, -0.05) is 35.9 Å². The highest BCUT2D eigenvalue weighted by molar-refractivity contribution is 9.10. The molecule has 106 valence electrons. The van der Waals surface area contributed by atoms with Crippen molar-refractivity contribution in [2.75, 3.05) is 7.11 Å². The van der Waals surface area contributed by atoms with Crippen molar-refractivity contribution in [2.45, 2.75) is 18.9 Å². The largest absolute Gasteiger partial charge is 0.497 e. The molecule has 0 amide bonds. The van der Waals surface area contributed by atoms with E-state index in [1.807, 2.05) is 30.3 Å². The predicted octanol–water partition coefficient (Wildman–Crippen LogP) is 4.74. The highest BCUT2D eigenvalue weighted by atomic mass is 79.9. The van der Waals surface area contributed by atoms with Crippen LogP contribution in [0.5, 0.6) is 5.75 Å². The summed E-state index contributed by atoms with van der Waals surface area (Å²) in [6, 6.07) is 13.8. The molecule has 2 rings (SSSR count). The van der Waals surface area contributed by atoms with Gasteiger partial charge < -0.3 is 10.5 Å². The van der Waals surface area contributed by atoms with Crippen molar-refractivity contribution in [1.82, 2.24) is 0 Å². The second-order valence-electron chi connectivity index (χ2n) is 4.64. The number of hydrogen-bond donors (Lipinski definition) is 1. The molecular formula is C16H17BrClNO. The number of rotatable bonds is 5. The minimum Gasteiger partial charge on any atom is -0.497 e. The Morgan fingerprint density at radius 1 is 1.20 bits per heavy atom. The van der Waals surface area contributed by atoms with Crippen LogP contribution in [0.15, 0.2) is 46.9 Å². The van der Waals surface area contributed by atoms with Gasteiger partial charge in [0.2, 0.25) is 0 Å². The first-order valence-corrected chi connectivity index (χ1v) is 7.61. The molecule has 2 N–H and O–H groups in total. The SMILES string of the molecule is COc1ccc(CCC(N)c2cccc(Br)c2Cl)cc1. The first kappa shape index (κ1) is 15.4. The summed E-state index contributed by atoms with van der Waals surface area (Å²) in [4.78, 5) is 0. The summed E-state index contributed by atoms with van der Waals surface area (Å²) in [6.45, 7) is 0. The minimum absolute atomic E-state index is 0.0675. The van der Waals surface area contributed by atoms with Crippen LogP contribution in [0.4, 0.5) is 0 Å². The molecule has 2 nitrogen and oxygen atoms in total. The summed E-state index contributed by atoms with van der Waals surface area (Å²) in [5, 5.41) is 0.703. The number of benzene rings is 2. The second kappa shape index (κ2) is 7.11. The fourth-order valence-corrected chi connectivity index (χ4v) is 2.72. The summed E-state index contributed by atoms with van der Waals surface area (Å²) in [5.74, 6) is 0.869. The van der Waals surface area contributed by atoms with E-state index < -0.39 is 0 Å². The first-order valence-electron chi connectivity index (χ1n) is 6.44. The van der Waals surface area contributed by atoms with Gasteiger partial charge in [0.1, 0.15) is 5.75 Å². The molecule has 2 aromatic rings. The standard InChI is InChI=1S/C16H17BrClNO/c1-20-12-8-5-11(6-9-12)7-10-15(19)13-3-2-4-14(17)16(13)18/h2-6,8-9,15H,7,10,19H2,1H3. The molecule has 0 aromatic heterocycles. The Morgan fingerprint density at radius 3 is 2.55 bits per heavy atom. The maximum absolute atomic E-state index is 6.27. The van der Waals surface area contributed by atoms with Crippen molar-refractivity contribution >= 4 is 27.5 Å². The monoisotopic (exact) mass is 353 g/mol. The fraction of sp³-hybridized carbons (Fsp3) is 0.250. The van der Waals surface area contributed by atoms with Crippen LogP contribution >= 0.6 is 27.5 Å². The molecule has 1 unspecified atom stereocenters. The zero-order valence-corrected chi connectivity index (χ0v) is 13.6.